The first-order valence-corrected chi connectivity index (χ1v) is 6.39. The van der Waals surface area contributed by atoms with Crippen LogP contribution in [0.15, 0.2) is 29.4 Å². The summed E-state index contributed by atoms with van der Waals surface area (Å²) in [5.74, 6) is 0.679. The molecule has 0 saturated heterocycles. The third-order valence-corrected chi connectivity index (χ3v) is 2.86. The zero-order chi connectivity index (χ0) is 12.1. The highest BCUT2D eigenvalue weighted by Crippen LogP contribution is 2.23. The summed E-state index contributed by atoms with van der Waals surface area (Å²) in [5.41, 5.74) is 3.04. The van der Waals surface area contributed by atoms with Crippen LogP contribution in [-0.4, -0.2) is 21.7 Å². The van der Waals surface area contributed by atoms with E-state index in [1.54, 1.807) is 24.0 Å². The fraction of sp³-hybridized carbons (Fsp3) is 0.333. The molecule has 0 radical (unpaired) electrons. The Morgan fingerprint density at radius 1 is 1.47 bits per heavy atom. The van der Waals surface area contributed by atoms with Gasteiger partial charge < -0.3 is 9.84 Å². The minimum atomic E-state index is -0.737. The SMILES string of the molecule is CCCOc1cncc(C(O)c2cscn2)c1. The lowest BCUT2D eigenvalue weighted by molar-refractivity contribution is 0.214. The van der Waals surface area contributed by atoms with E-state index in [9.17, 15) is 5.11 Å². The van der Waals surface area contributed by atoms with Crippen molar-refractivity contribution in [3.05, 3.63) is 40.6 Å². The van der Waals surface area contributed by atoms with E-state index in [4.69, 9.17) is 4.74 Å². The summed E-state index contributed by atoms with van der Waals surface area (Å²) in [6.45, 7) is 2.69. The number of aliphatic hydroxyl groups excluding tert-OH is 1. The van der Waals surface area contributed by atoms with Gasteiger partial charge in [-0.05, 0) is 12.5 Å². The van der Waals surface area contributed by atoms with E-state index in [2.05, 4.69) is 9.97 Å². The van der Waals surface area contributed by atoms with E-state index in [-0.39, 0.29) is 0 Å². The van der Waals surface area contributed by atoms with Gasteiger partial charge in [0, 0.05) is 17.1 Å². The van der Waals surface area contributed by atoms with Crippen LogP contribution in [0.4, 0.5) is 0 Å². The maximum atomic E-state index is 10.1. The Kier molecular flexibility index (Phi) is 4.06. The smallest absolute Gasteiger partial charge is 0.137 e. The molecule has 0 spiro atoms. The lowest BCUT2D eigenvalue weighted by Crippen LogP contribution is -2.02. The van der Waals surface area contributed by atoms with Crippen molar-refractivity contribution in [1.29, 1.82) is 0 Å². The molecule has 90 valence electrons. The summed E-state index contributed by atoms with van der Waals surface area (Å²) >= 11 is 1.46. The van der Waals surface area contributed by atoms with Crippen LogP contribution in [0.1, 0.15) is 30.7 Å². The fourth-order valence-corrected chi connectivity index (χ4v) is 1.98. The molecule has 17 heavy (non-hydrogen) atoms. The van der Waals surface area contributed by atoms with Crippen molar-refractivity contribution in [2.24, 2.45) is 0 Å². The van der Waals surface area contributed by atoms with Crippen molar-refractivity contribution >= 4 is 11.3 Å². The molecule has 2 heterocycles. The molecule has 0 amide bonds. The number of pyridine rings is 1. The molecule has 0 aliphatic heterocycles. The highest BCUT2D eigenvalue weighted by molar-refractivity contribution is 7.07. The Hall–Kier alpha value is -1.46. The van der Waals surface area contributed by atoms with Crippen LogP contribution in [0.3, 0.4) is 0 Å². The Bertz CT molecular complexity index is 459. The number of aliphatic hydroxyl groups is 1. The summed E-state index contributed by atoms with van der Waals surface area (Å²) in [6.07, 6.45) is 3.48. The van der Waals surface area contributed by atoms with Gasteiger partial charge in [0.15, 0.2) is 0 Å². The minimum Gasteiger partial charge on any atom is -0.492 e. The van der Waals surface area contributed by atoms with Gasteiger partial charge in [-0.25, -0.2) is 4.98 Å². The van der Waals surface area contributed by atoms with Crippen molar-refractivity contribution in [3.63, 3.8) is 0 Å². The molecule has 1 atom stereocenters. The Morgan fingerprint density at radius 3 is 3.06 bits per heavy atom. The normalized spacial score (nSPS) is 12.4. The van der Waals surface area contributed by atoms with Crippen molar-refractivity contribution in [3.8, 4) is 5.75 Å². The largest absolute Gasteiger partial charge is 0.492 e. The molecule has 0 aliphatic carbocycles. The fourth-order valence-electron chi connectivity index (χ4n) is 1.41. The summed E-state index contributed by atoms with van der Waals surface area (Å²) in [6, 6.07) is 1.80. The molecule has 4 nitrogen and oxygen atoms in total. The molecule has 0 bridgehead atoms. The van der Waals surface area contributed by atoms with Crippen molar-refractivity contribution < 1.29 is 9.84 Å². The van der Waals surface area contributed by atoms with Crippen molar-refractivity contribution in [2.75, 3.05) is 6.61 Å². The second-order valence-electron chi connectivity index (χ2n) is 3.62. The average Bonchev–Trinajstić information content (AvgIpc) is 2.89. The van der Waals surface area contributed by atoms with E-state index < -0.39 is 6.10 Å². The molecule has 0 aromatic carbocycles. The molecule has 5 heteroatoms. The second-order valence-corrected chi connectivity index (χ2v) is 4.34. The molecule has 0 fully saturated rings. The highest BCUT2D eigenvalue weighted by atomic mass is 32.1. The Balaban J connectivity index is 2.15. The number of nitrogens with zero attached hydrogens (tertiary/aromatic N) is 2. The molecular formula is C12H14N2O2S. The first kappa shape index (κ1) is 12.0. The van der Waals surface area contributed by atoms with Crippen LogP contribution in [0.25, 0.3) is 0 Å². The summed E-state index contributed by atoms with van der Waals surface area (Å²) < 4.78 is 5.47. The van der Waals surface area contributed by atoms with E-state index in [0.717, 1.165) is 6.42 Å². The molecule has 1 unspecified atom stereocenters. The zero-order valence-electron chi connectivity index (χ0n) is 9.54. The van der Waals surface area contributed by atoms with Gasteiger partial charge in [-0.2, -0.15) is 0 Å². The standard InChI is InChI=1S/C12H14N2O2S/c1-2-3-16-10-4-9(5-13-6-10)12(15)11-7-17-8-14-11/h4-8,12,15H,2-3H2,1H3. The number of hydrogen-bond donors (Lipinski definition) is 1. The van der Waals surface area contributed by atoms with E-state index in [0.29, 0.717) is 23.6 Å². The third-order valence-electron chi connectivity index (χ3n) is 2.25. The monoisotopic (exact) mass is 250 g/mol. The lowest BCUT2D eigenvalue weighted by Gasteiger charge is -2.10. The molecule has 0 aliphatic rings. The minimum absolute atomic E-state index is 0.643. The molecule has 1 N–H and O–H groups in total. The van der Waals surface area contributed by atoms with Gasteiger partial charge in [0.05, 0.1) is 24.0 Å². The first-order valence-electron chi connectivity index (χ1n) is 5.45. The van der Waals surface area contributed by atoms with Crippen LogP contribution < -0.4 is 4.74 Å². The van der Waals surface area contributed by atoms with Crippen LogP contribution >= 0.6 is 11.3 Å². The van der Waals surface area contributed by atoms with Gasteiger partial charge in [-0.3, -0.25) is 4.98 Å². The zero-order valence-corrected chi connectivity index (χ0v) is 10.4. The van der Waals surface area contributed by atoms with Gasteiger partial charge >= 0.3 is 0 Å². The number of thiazole rings is 1. The molecule has 2 aromatic heterocycles. The number of rotatable bonds is 5. The van der Waals surface area contributed by atoms with Crippen LogP contribution in [0.5, 0.6) is 5.75 Å². The van der Waals surface area contributed by atoms with Crippen LogP contribution in [-0.2, 0) is 0 Å². The average molecular weight is 250 g/mol. The van der Waals surface area contributed by atoms with Crippen LogP contribution in [0.2, 0.25) is 0 Å². The van der Waals surface area contributed by atoms with Gasteiger partial charge in [0.2, 0.25) is 0 Å². The highest BCUT2D eigenvalue weighted by Gasteiger charge is 2.13. The Morgan fingerprint density at radius 2 is 2.35 bits per heavy atom. The number of ether oxygens (including phenoxy) is 1. The van der Waals surface area contributed by atoms with E-state index in [1.807, 2.05) is 12.3 Å². The predicted octanol–water partition coefficient (Wildman–Crippen LogP) is 2.41. The van der Waals surface area contributed by atoms with Crippen molar-refractivity contribution in [1.82, 2.24) is 9.97 Å². The first-order chi connectivity index (χ1) is 8.31. The van der Waals surface area contributed by atoms with E-state index in [1.165, 1.54) is 11.3 Å². The van der Waals surface area contributed by atoms with Gasteiger partial charge in [0.1, 0.15) is 11.9 Å². The molecule has 0 saturated carbocycles. The summed E-state index contributed by atoms with van der Waals surface area (Å²) in [5, 5.41) is 11.9. The predicted molar refractivity (Wildman–Crippen MR) is 66.2 cm³/mol. The van der Waals surface area contributed by atoms with Crippen LogP contribution in [0, 0.1) is 0 Å². The van der Waals surface area contributed by atoms with Gasteiger partial charge in [-0.15, -0.1) is 11.3 Å². The lowest BCUT2D eigenvalue weighted by atomic mass is 10.1. The summed E-state index contributed by atoms with van der Waals surface area (Å²) in [7, 11) is 0. The third kappa shape index (κ3) is 3.01. The van der Waals surface area contributed by atoms with Gasteiger partial charge in [0.25, 0.3) is 0 Å². The number of hydrogen-bond acceptors (Lipinski definition) is 5. The molecular weight excluding hydrogens is 236 g/mol. The molecule has 2 aromatic rings. The topological polar surface area (TPSA) is 55.2 Å². The molecule has 2 rings (SSSR count). The van der Waals surface area contributed by atoms with Gasteiger partial charge in [-0.1, -0.05) is 6.92 Å². The second kappa shape index (κ2) is 5.75. The Labute approximate surface area is 104 Å². The van der Waals surface area contributed by atoms with E-state index >= 15 is 0 Å². The number of aromatic nitrogens is 2. The summed E-state index contributed by atoms with van der Waals surface area (Å²) in [4.78, 5) is 8.14. The quantitative estimate of drug-likeness (QED) is 0.885. The maximum Gasteiger partial charge on any atom is 0.137 e. The van der Waals surface area contributed by atoms with Crippen molar-refractivity contribution in [2.45, 2.75) is 19.4 Å². The maximum absolute atomic E-state index is 10.1.